The van der Waals surface area contributed by atoms with Crippen LogP contribution in [0.3, 0.4) is 0 Å². The van der Waals surface area contributed by atoms with E-state index in [9.17, 15) is 22.8 Å². The van der Waals surface area contributed by atoms with Gasteiger partial charge in [0, 0.05) is 13.0 Å². The number of carbonyl (C=O) groups is 2. The first-order chi connectivity index (χ1) is 8.85. The fourth-order valence-electron chi connectivity index (χ4n) is 1.75. The van der Waals surface area contributed by atoms with E-state index in [1.807, 2.05) is 0 Å². The zero-order chi connectivity index (χ0) is 14.0. The highest BCUT2D eigenvalue weighted by Crippen LogP contribution is 2.24. The molecule has 1 atom stereocenters. The molecule has 19 heavy (non-hydrogen) atoms. The Morgan fingerprint density at radius 3 is 2.89 bits per heavy atom. The van der Waals surface area contributed by atoms with Crippen LogP contribution in [0.15, 0.2) is 5.51 Å². The number of aromatic nitrogens is 2. The standard InChI is InChI=1S/C9H9F3N4O2S/c10-9(11,12)3-16-2-5(1-6(16)17)7(18)14-8-15-13-4-19-8/h4-5H,1-3H2,(H,14,15,18). The van der Waals surface area contributed by atoms with Crippen LogP contribution < -0.4 is 5.32 Å². The Bertz CT molecular complexity index is 476. The van der Waals surface area contributed by atoms with Crippen molar-refractivity contribution in [1.29, 1.82) is 0 Å². The summed E-state index contributed by atoms with van der Waals surface area (Å²) >= 11 is 1.09. The normalized spacial score (nSPS) is 19.8. The minimum absolute atomic E-state index is 0.222. The Morgan fingerprint density at radius 2 is 2.32 bits per heavy atom. The molecule has 1 saturated heterocycles. The van der Waals surface area contributed by atoms with E-state index >= 15 is 0 Å². The summed E-state index contributed by atoms with van der Waals surface area (Å²) in [7, 11) is 0. The van der Waals surface area contributed by atoms with Crippen LogP contribution in [0.4, 0.5) is 18.3 Å². The monoisotopic (exact) mass is 294 g/mol. The van der Waals surface area contributed by atoms with Gasteiger partial charge in [0.2, 0.25) is 16.9 Å². The number of nitrogens with zero attached hydrogens (tertiary/aromatic N) is 3. The van der Waals surface area contributed by atoms with Gasteiger partial charge in [-0.05, 0) is 0 Å². The first-order valence-corrected chi connectivity index (χ1v) is 6.14. The van der Waals surface area contributed by atoms with Gasteiger partial charge in [-0.1, -0.05) is 11.3 Å². The van der Waals surface area contributed by atoms with Crippen molar-refractivity contribution in [3.8, 4) is 0 Å². The molecular weight excluding hydrogens is 285 g/mol. The molecule has 10 heteroatoms. The van der Waals surface area contributed by atoms with Gasteiger partial charge in [0.25, 0.3) is 0 Å². The zero-order valence-electron chi connectivity index (χ0n) is 9.48. The molecule has 0 radical (unpaired) electrons. The van der Waals surface area contributed by atoms with Gasteiger partial charge in [0.15, 0.2) is 0 Å². The molecule has 2 rings (SSSR count). The molecule has 0 spiro atoms. The van der Waals surface area contributed by atoms with E-state index in [2.05, 4.69) is 15.5 Å². The van der Waals surface area contributed by atoms with Crippen LogP contribution in [-0.2, 0) is 9.59 Å². The van der Waals surface area contributed by atoms with Gasteiger partial charge in [0.1, 0.15) is 12.1 Å². The van der Waals surface area contributed by atoms with E-state index in [-0.39, 0.29) is 18.1 Å². The molecule has 0 bridgehead atoms. The summed E-state index contributed by atoms with van der Waals surface area (Å²) < 4.78 is 36.6. The van der Waals surface area contributed by atoms with Crippen LogP contribution in [0, 0.1) is 5.92 Å². The molecule has 1 N–H and O–H groups in total. The summed E-state index contributed by atoms with van der Waals surface area (Å²) in [6.45, 7) is -1.56. The minimum atomic E-state index is -4.46. The number of hydrogen-bond donors (Lipinski definition) is 1. The van der Waals surface area contributed by atoms with Gasteiger partial charge >= 0.3 is 6.18 Å². The molecule has 1 unspecified atom stereocenters. The maximum absolute atomic E-state index is 12.2. The van der Waals surface area contributed by atoms with Crippen molar-refractivity contribution < 1.29 is 22.8 Å². The lowest BCUT2D eigenvalue weighted by molar-refractivity contribution is -0.157. The molecule has 1 aliphatic rings. The van der Waals surface area contributed by atoms with Crippen molar-refractivity contribution in [2.24, 2.45) is 5.92 Å². The second-order valence-electron chi connectivity index (χ2n) is 4.02. The third-order valence-corrected chi connectivity index (χ3v) is 3.15. The lowest BCUT2D eigenvalue weighted by atomic mass is 10.1. The van der Waals surface area contributed by atoms with E-state index in [4.69, 9.17) is 0 Å². The molecular formula is C9H9F3N4O2S. The maximum Gasteiger partial charge on any atom is 0.406 e. The molecule has 0 aliphatic carbocycles. The quantitative estimate of drug-likeness (QED) is 0.898. The van der Waals surface area contributed by atoms with Crippen molar-refractivity contribution >= 4 is 28.3 Å². The number of alkyl halides is 3. The Morgan fingerprint density at radius 1 is 1.58 bits per heavy atom. The maximum atomic E-state index is 12.2. The van der Waals surface area contributed by atoms with E-state index in [1.165, 1.54) is 5.51 Å². The van der Waals surface area contributed by atoms with E-state index in [0.717, 1.165) is 11.3 Å². The molecule has 6 nitrogen and oxygen atoms in total. The van der Waals surface area contributed by atoms with Gasteiger partial charge < -0.3 is 10.2 Å². The lowest BCUT2D eigenvalue weighted by Crippen LogP contribution is -2.36. The second-order valence-corrected chi connectivity index (χ2v) is 4.86. The Labute approximate surface area is 109 Å². The highest BCUT2D eigenvalue weighted by Gasteiger charge is 2.40. The topological polar surface area (TPSA) is 75.2 Å². The number of anilines is 1. The molecule has 0 aromatic carbocycles. The highest BCUT2D eigenvalue weighted by molar-refractivity contribution is 7.13. The first kappa shape index (κ1) is 13.7. The molecule has 2 amide bonds. The summed E-state index contributed by atoms with van der Waals surface area (Å²) in [5.74, 6) is -1.98. The van der Waals surface area contributed by atoms with Crippen molar-refractivity contribution in [3.05, 3.63) is 5.51 Å². The first-order valence-electron chi connectivity index (χ1n) is 5.27. The largest absolute Gasteiger partial charge is 0.406 e. The molecule has 1 aromatic rings. The molecule has 1 aliphatic heterocycles. The van der Waals surface area contributed by atoms with Crippen molar-refractivity contribution in [2.45, 2.75) is 12.6 Å². The summed E-state index contributed by atoms with van der Waals surface area (Å²) in [4.78, 5) is 23.8. The number of likely N-dealkylation sites (tertiary alicyclic amines) is 1. The highest BCUT2D eigenvalue weighted by atomic mass is 32.1. The number of amides is 2. The fraction of sp³-hybridized carbons (Fsp3) is 0.556. The number of hydrogen-bond acceptors (Lipinski definition) is 5. The second kappa shape index (κ2) is 5.11. The average Bonchev–Trinajstić information content (AvgIpc) is 2.88. The Hall–Kier alpha value is -1.71. The summed E-state index contributed by atoms with van der Waals surface area (Å²) in [5, 5.41) is 9.76. The molecule has 104 valence electrons. The predicted molar refractivity (Wildman–Crippen MR) is 59.3 cm³/mol. The fourth-order valence-corrected chi connectivity index (χ4v) is 2.20. The van der Waals surface area contributed by atoms with Crippen molar-refractivity contribution in [3.63, 3.8) is 0 Å². The molecule has 1 aromatic heterocycles. The summed E-state index contributed by atoms with van der Waals surface area (Å²) in [5.41, 5.74) is 1.41. The van der Waals surface area contributed by atoms with Crippen LogP contribution in [-0.4, -0.2) is 46.2 Å². The van der Waals surface area contributed by atoms with Crippen molar-refractivity contribution in [2.75, 3.05) is 18.4 Å². The number of carbonyl (C=O) groups excluding carboxylic acids is 2. The zero-order valence-corrected chi connectivity index (χ0v) is 10.3. The average molecular weight is 294 g/mol. The van der Waals surface area contributed by atoms with Crippen LogP contribution in [0.1, 0.15) is 6.42 Å². The van der Waals surface area contributed by atoms with Gasteiger partial charge in [0.05, 0.1) is 5.92 Å². The Kier molecular flexibility index (Phi) is 3.69. The SMILES string of the molecule is O=C(Nc1nncs1)C1CC(=O)N(CC(F)(F)F)C1. The Balaban J connectivity index is 1.93. The third kappa shape index (κ3) is 3.63. The third-order valence-electron chi connectivity index (χ3n) is 2.55. The number of halogens is 3. The van der Waals surface area contributed by atoms with Gasteiger partial charge in [-0.15, -0.1) is 10.2 Å². The van der Waals surface area contributed by atoms with Gasteiger partial charge in [-0.2, -0.15) is 13.2 Å². The lowest BCUT2D eigenvalue weighted by Gasteiger charge is -2.18. The van der Waals surface area contributed by atoms with Crippen molar-refractivity contribution in [1.82, 2.24) is 15.1 Å². The molecule has 2 heterocycles. The van der Waals surface area contributed by atoms with Crippen LogP contribution >= 0.6 is 11.3 Å². The van der Waals surface area contributed by atoms with Crippen LogP contribution in [0.25, 0.3) is 0 Å². The molecule has 1 fully saturated rings. The minimum Gasteiger partial charge on any atom is -0.333 e. The summed E-state index contributed by atoms with van der Waals surface area (Å²) in [6.07, 6.45) is -4.68. The number of nitrogens with one attached hydrogen (secondary N) is 1. The predicted octanol–water partition coefficient (Wildman–Crippen LogP) is 0.887. The van der Waals surface area contributed by atoms with E-state index in [0.29, 0.717) is 4.90 Å². The number of rotatable bonds is 3. The van der Waals surface area contributed by atoms with Gasteiger partial charge in [-0.25, -0.2) is 0 Å². The summed E-state index contributed by atoms with van der Waals surface area (Å²) in [6, 6.07) is 0. The van der Waals surface area contributed by atoms with Crippen LogP contribution in [0.2, 0.25) is 0 Å². The van der Waals surface area contributed by atoms with Gasteiger partial charge in [-0.3, -0.25) is 9.59 Å². The van der Waals surface area contributed by atoms with Crippen LogP contribution in [0.5, 0.6) is 0 Å². The smallest absolute Gasteiger partial charge is 0.333 e. The van der Waals surface area contributed by atoms with E-state index in [1.54, 1.807) is 0 Å². The molecule has 0 saturated carbocycles. The van der Waals surface area contributed by atoms with E-state index < -0.39 is 30.5 Å².